The van der Waals surface area contributed by atoms with Crippen LogP contribution in [0.25, 0.3) is 0 Å². The van der Waals surface area contributed by atoms with Crippen molar-refractivity contribution in [3.63, 3.8) is 0 Å². The molecule has 1 atom stereocenters. The fourth-order valence-electron chi connectivity index (χ4n) is 4.81. The van der Waals surface area contributed by atoms with Gasteiger partial charge in [-0.1, -0.05) is 166 Å². The zero-order valence-corrected chi connectivity index (χ0v) is 27.0. The molecule has 1 aromatic carbocycles. The summed E-state index contributed by atoms with van der Waals surface area (Å²) in [6.07, 6.45) is 25.5. The normalized spacial score (nSPS) is 12.4. The molecule has 0 N–H and O–H groups in total. The first-order chi connectivity index (χ1) is 17.1. The zero-order chi connectivity index (χ0) is 25.5. The second-order valence-electron chi connectivity index (χ2n) is 10.4. The van der Waals surface area contributed by atoms with E-state index in [1.54, 1.807) is 0 Å². The second-order valence-corrected chi connectivity index (χ2v) is 12.2. The van der Waals surface area contributed by atoms with Gasteiger partial charge in [-0.3, -0.25) is 4.18 Å². The molecule has 1 unspecified atom stereocenters. The Hall–Kier alpha value is 0.130. The van der Waals surface area contributed by atoms with Crippen LogP contribution in [-0.4, -0.2) is 44.6 Å². The predicted molar refractivity (Wildman–Crippen MR) is 158 cm³/mol. The minimum absolute atomic E-state index is 0. The summed E-state index contributed by atoms with van der Waals surface area (Å²) in [5.74, 6) is 0. The number of benzene rings is 1. The van der Waals surface area contributed by atoms with Crippen LogP contribution in [0.1, 0.15) is 159 Å². The number of hydrogen-bond donors (Lipinski definition) is 0. The van der Waals surface area contributed by atoms with Crippen molar-refractivity contribution in [3.05, 3.63) is 35.9 Å². The standard InChI is InChI=1S/C31H56O3S.Na/c1-3-5-7-9-11-13-15-17-19-24-28-31(30-26-22-21-23-27-30)35(32,33)34-29-25-20-18-16-14-12-10-8-6-4-2;/h21-23,26-27,31H,3-20,24-25,28-29H2,1-2H3;. The van der Waals surface area contributed by atoms with Gasteiger partial charge in [-0.05, 0) is 18.4 Å². The van der Waals surface area contributed by atoms with Crippen LogP contribution in [0.2, 0.25) is 0 Å². The molecule has 0 bridgehead atoms. The van der Waals surface area contributed by atoms with Crippen LogP contribution in [0.5, 0.6) is 0 Å². The Morgan fingerprint density at radius 1 is 0.583 bits per heavy atom. The molecule has 36 heavy (non-hydrogen) atoms. The van der Waals surface area contributed by atoms with E-state index in [1.165, 1.54) is 103 Å². The molecule has 0 fully saturated rings. The van der Waals surface area contributed by atoms with Crippen molar-refractivity contribution in [2.24, 2.45) is 0 Å². The van der Waals surface area contributed by atoms with Crippen LogP contribution in [0.4, 0.5) is 0 Å². The molecule has 0 amide bonds. The van der Waals surface area contributed by atoms with E-state index < -0.39 is 15.4 Å². The van der Waals surface area contributed by atoms with Crippen LogP contribution < -0.4 is 0 Å². The monoisotopic (exact) mass is 531 g/mol. The minimum Gasteiger partial charge on any atom is -0.270 e. The molecule has 0 saturated heterocycles. The quantitative estimate of drug-likeness (QED) is 0.0716. The van der Waals surface area contributed by atoms with E-state index in [0.29, 0.717) is 13.0 Å². The predicted octanol–water partition coefficient (Wildman–Crippen LogP) is 9.93. The van der Waals surface area contributed by atoms with E-state index in [-0.39, 0.29) is 29.6 Å². The van der Waals surface area contributed by atoms with Crippen LogP contribution in [0, 0.1) is 0 Å². The average molecular weight is 532 g/mol. The topological polar surface area (TPSA) is 43.4 Å². The maximum absolute atomic E-state index is 13.1. The van der Waals surface area contributed by atoms with Gasteiger partial charge in [0.05, 0.1) is 6.61 Å². The van der Waals surface area contributed by atoms with Gasteiger partial charge in [0.15, 0.2) is 0 Å². The van der Waals surface area contributed by atoms with Crippen molar-refractivity contribution >= 4 is 39.7 Å². The Balaban J connectivity index is 0.0000122. The molecule has 0 heterocycles. The van der Waals surface area contributed by atoms with Crippen molar-refractivity contribution in [3.8, 4) is 0 Å². The van der Waals surface area contributed by atoms with Gasteiger partial charge in [0.25, 0.3) is 10.1 Å². The van der Waals surface area contributed by atoms with Crippen molar-refractivity contribution < 1.29 is 12.6 Å². The molecule has 0 aromatic heterocycles. The van der Waals surface area contributed by atoms with E-state index >= 15 is 0 Å². The molecule has 1 aromatic rings. The van der Waals surface area contributed by atoms with Gasteiger partial charge in [-0.25, -0.2) is 0 Å². The van der Waals surface area contributed by atoms with Gasteiger partial charge in [0.1, 0.15) is 5.25 Å². The van der Waals surface area contributed by atoms with Crippen LogP contribution in [0.3, 0.4) is 0 Å². The summed E-state index contributed by atoms with van der Waals surface area (Å²) < 4.78 is 31.7. The molecule has 0 spiro atoms. The first-order valence-corrected chi connectivity index (χ1v) is 16.5. The van der Waals surface area contributed by atoms with Crippen LogP contribution in [-0.2, 0) is 14.3 Å². The summed E-state index contributed by atoms with van der Waals surface area (Å²) in [5.41, 5.74) is 0.867. The van der Waals surface area contributed by atoms with Gasteiger partial charge < -0.3 is 0 Å². The Labute approximate surface area is 247 Å². The first-order valence-electron chi connectivity index (χ1n) is 15.0. The Bertz CT molecular complexity index is 678. The molecule has 1 radical (unpaired) electrons. The van der Waals surface area contributed by atoms with Crippen LogP contribution >= 0.6 is 0 Å². The molecule has 1 rings (SSSR count). The molecule has 0 saturated carbocycles. The van der Waals surface area contributed by atoms with E-state index in [2.05, 4.69) is 13.8 Å². The summed E-state index contributed by atoms with van der Waals surface area (Å²) in [7, 11) is -3.60. The van der Waals surface area contributed by atoms with E-state index in [1.807, 2.05) is 30.3 Å². The minimum atomic E-state index is -3.60. The van der Waals surface area contributed by atoms with Gasteiger partial charge in [0, 0.05) is 29.6 Å². The van der Waals surface area contributed by atoms with Gasteiger partial charge in [0.2, 0.25) is 0 Å². The van der Waals surface area contributed by atoms with Crippen molar-refractivity contribution in [2.75, 3.05) is 6.61 Å². The van der Waals surface area contributed by atoms with E-state index in [0.717, 1.165) is 31.2 Å². The van der Waals surface area contributed by atoms with Crippen molar-refractivity contribution in [1.29, 1.82) is 0 Å². The summed E-state index contributed by atoms with van der Waals surface area (Å²) in [5, 5.41) is -0.541. The third-order valence-electron chi connectivity index (χ3n) is 7.09. The average Bonchev–Trinajstić information content (AvgIpc) is 2.86. The molecule has 0 aliphatic heterocycles. The summed E-state index contributed by atoms with van der Waals surface area (Å²) >= 11 is 0. The van der Waals surface area contributed by atoms with E-state index in [4.69, 9.17) is 4.18 Å². The Morgan fingerprint density at radius 2 is 0.972 bits per heavy atom. The van der Waals surface area contributed by atoms with Gasteiger partial charge in [-0.15, -0.1) is 0 Å². The largest absolute Gasteiger partial charge is 0.274 e. The maximum Gasteiger partial charge on any atom is 0.274 e. The third-order valence-corrected chi connectivity index (χ3v) is 8.79. The Morgan fingerprint density at radius 3 is 1.42 bits per heavy atom. The molecule has 0 aliphatic rings. The first kappa shape index (κ1) is 36.1. The summed E-state index contributed by atoms with van der Waals surface area (Å²) in [6.45, 7) is 4.83. The Kier molecular flexibility index (Phi) is 25.5. The molecule has 0 aliphatic carbocycles. The summed E-state index contributed by atoms with van der Waals surface area (Å²) in [4.78, 5) is 0. The molecule has 3 nitrogen and oxygen atoms in total. The zero-order valence-electron chi connectivity index (χ0n) is 24.2. The second kappa shape index (κ2) is 25.4. The van der Waals surface area contributed by atoms with Gasteiger partial charge >= 0.3 is 0 Å². The number of unbranched alkanes of at least 4 members (excludes halogenated alkanes) is 18. The molecular weight excluding hydrogens is 475 g/mol. The van der Waals surface area contributed by atoms with Crippen LogP contribution in [0.15, 0.2) is 30.3 Å². The van der Waals surface area contributed by atoms with Crippen molar-refractivity contribution in [1.82, 2.24) is 0 Å². The molecular formula is C31H56NaO3S. The third kappa shape index (κ3) is 19.2. The SMILES string of the molecule is CCCCCCCCCCCCOS(=O)(=O)C(CCCCCCCCCCCC)c1ccccc1.[Na]. The number of hydrogen-bond acceptors (Lipinski definition) is 3. The molecule has 5 heteroatoms. The fourth-order valence-corrected chi connectivity index (χ4v) is 6.27. The van der Waals surface area contributed by atoms with E-state index in [9.17, 15) is 8.42 Å². The maximum atomic E-state index is 13.1. The smallest absolute Gasteiger partial charge is 0.270 e. The number of rotatable bonds is 25. The summed E-state index contributed by atoms with van der Waals surface area (Å²) in [6, 6.07) is 9.67. The van der Waals surface area contributed by atoms with Crippen molar-refractivity contribution in [2.45, 2.75) is 154 Å². The van der Waals surface area contributed by atoms with Gasteiger partial charge in [-0.2, -0.15) is 8.42 Å². The fraction of sp³-hybridized carbons (Fsp3) is 0.806. The molecule has 205 valence electrons.